The number of rotatable bonds is 13. The van der Waals surface area contributed by atoms with E-state index in [1.165, 1.54) is 40.2 Å². The van der Waals surface area contributed by atoms with Crippen LogP contribution in [-0.4, -0.2) is 50.8 Å². The van der Waals surface area contributed by atoms with Gasteiger partial charge in [-0.25, -0.2) is 9.98 Å². The van der Waals surface area contributed by atoms with Gasteiger partial charge in [0.2, 0.25) is 0 Å². The van der Waals surface area contributed by atoms with E-state index in [9.17, 15) is 0 Å². The zero-order chi connectivity index (χ0) is 31.5. The van der Waals surface area contributed by atoms with E-state index in [1.807, 2.05) is 38.6 Å². The van der Waals surface area contributed by atoms with Gasteiger partial charge in [-0.2, -0.15) is 0 Å². The Morgan fingerprint density at radius 1 is 1.10 bits per heavy atom. The molecule has 0 aromatic heterocycles. The van der Waals surface area contributed by atoms with E-state index in [1.54, 1.807) is 26.5 Å². The molecule has 42 heavy (non-hydrogen) atoms. The average Bonchev–Trinajstić information content (AvgIpc) is 2.99. The standard InChI is InChI=1S/C24H37N3O2.C10H16N2S/c1-10-22(11-2)23(12-3)16-19(5)27-24(18(4)15-21(7)29-9)26-17-25-14-13-20(6)28-8;1-3-8-4-9-10(5-11-8)13-6-7(2)12-9/h10,13-17,27H,5,11-12H2,1-4,6-9H3;8,11H,3-6H2,1-2H3/b20-13+,21-15+,22-10-,23-16-,24-18-,25-14-,26-17-;. The summed E-state index contributed by atoms with van der Waals surface area (Å²) in [6, 6.07) is 0.647. The minimum absolute atomic E-state index is 0.647. The zero-order valence-electron chi connectivity index (χ0n) is 27.6. The highest BCUT2D eigenvalue weighted by molar-refractivity contribution is 8.03. The lowest BCUT2D eigenvalue weighted by molar-refractivity contribution is 0.293. The van der Waals surface area contributed by atoms with Crippen molar-refractivity contribution in [3.8, 4) is 0 Å². The molecule has 0 bridgehead atoms. The monoisotopic (exact) mass is 595 g/mol. The van der Waals surface area contributed by atoms with Gasteiger partial charge >= 0.3 is 0 Å². The van der Waals surface area contributed by atoms with Gasteiger partial charge in [0.15, 0.2) is 0 Å². The van der Waals surface area contributed by atoms with Gasteiger partial charge in [0, 0.05) is 47.3 Å². The predicted octanol–water partition coefficient (Wildman–Crippen LogP) is 8.39. The summed E-state index contributed by atoms with van der Waals surface area (Å²) < 4.78 is 10.3. The van der Waals surface area contributed by atoms with E-state index in [0.29, 0.717) is 11.9 Å². The molecule has 2 aliphatic rings. The Morgan fingerprint density at radius 2 is 1.79 bits per heavy atom. The maximum Gasteiger partial charge on any atom is 0.135 e. The SMILES string of the molecule is C=C(/C=C(CC)\C(=C/C)CC)NC(/N=C\N=C/C=C(\C)OC)=C(C)\C=C(/C)OC.CCC1CC2=C(CN1)SCC(C)=N2. The van der Waals surface area contributed by atoms with Crippen molar-refractivity contribution in [1.82, 2.24) is 10.6 Å². The van der Waals surface area contributed by atoms with Crippen molar-refractivity contribution in [2.45, 2.75) is 87.1 Å². The quantitative estimate of drug-likeness (QED) is 0.0967. The van der Waals surface area contributed by atoms with E-state index in [2.05, 4.69) is 79.0 Å². The molecule has 7 nitrogen and oxygen atoms in total. The van der Waals surface area contributed by atoms with Crippen molar-refractivity contribution in [2.75, 3.05) is 26.5 Å². The van der Waals surface area contributed by atoms with Gasteiger partial charge in [-0.05, 0) is 88.8 Å². The molecule has 0 amide bonds. The molecule has 0 spiro atoms. The highest BCUT2D eigenvalue weighted by atomic mass is 32.2. The number of ether oxygens (including phenoxy) is 2. The van der Waals surface area contributed by atoms with E-state index in [4.69, 9.17) is 9.47 Å². The van der Waals surface area contributed by atoms with Gasteiger partial charge in [0.1, 0.15) is 12.2 Å². The van der Waals surface area contributed by atoms with Crippen molar-refractivity contribution in [2.24, 2.45) is 15.0 Å². The summed E-state index contributed by atoms with van der Waals surface area (Å²) in [6.45, 7) is 21.6. The highest BCUT2D eigenvalue weighted by Crippen LogP contribution is 2.31. The van der Waals surface area contributed by atoms with Crippen molar-refractivity contribution in [3.63, 3.8) is 0 Å². The Kier molecular flexibility index (Phi) is 18.2. The first-order valence-corrected chi connectivity index (χ1v) is 15.7. The first kappa shape index (κ1) is 36.9. The fraction of sp³-hybridized carbons (Fsp3) is 0.500. The van der Waals surface area contributed by atoms with Crippen LogP contribution in [0.2, 0.25) is 0 Å². The van der Waals surface area contributed by atoms with E-state index >= 15 is 0 Å². The van der Waals surface area contributed by atoms with E-state index < -0.39 is 0 Å². The molecular weight excluding hydrogens is 542 g/mol. The van der Waals surface area contributed by atoms with Crippen molar-refractivity contribution in [1.29, 1.82) is 0 Å². The molecule has 2 N–H and O–H groups in total. The third-order valence-corrected chi connectivity index (χ3v) is 8.11. The maximum absolute atomic E-state index is 5.25. The highest BCUT2D eigenvalue weighted by Gasteiger charge is 2.21. The molecule has 0 aromatic carbocycles. The number of thioether (sulfide) groups is 1. The number of aliphatic imine (C=N–C) groups is 3. The Balaban J connectivity index is 0.000000554. The lowest BCUT2D eigenvalue weighted by atomic mass is 10.00. The van der Waals surface area contributed by atoms with Gasteiger partial charge in [0.05, 0.1) is 31.4 Å². The van der Waals surface area contributed by atoms with Crippen LogP contribution < -0.4 is 10.6 Å². The van der Waals surface area contributed by atoms with Gasteiger partial charge in [-0.1, -0.05) is 33.4 Å². The molecule has 0 saturated carbocycles. The predicted molar refractivity (Wildman–Crippen MR) is 185 cm³/mol. The van der Waals surface area contributed by atoms with Crippen LogP contribution in [0.25, 0.3) is 0 Å². The Morgan fingerprint density at radius 3 is 2.38 bits per heavy atom. The van der Waals surface area contributed by atoms with Crippen LogP contribution in [-0.2, 0) is 9.47 Å². The third-order valence-electron chi connectivity index (χ3n) is 6.82. The third kappa shape index (κ3) is 13.7. The van der Waals surface area contributed by atoms with Crippen LogP contribution in [0.1, 0.15) is 81.1 Å². The molecule has 0 fully saturated rings. The fourth-order valence-corrected chi connectivity index (χ4v) is 5.12. The minimum Gasteiger partial charge on any atom is -0.501 e. The molecule has 232 valence electrons. The second kappa shape index (κ2) is 20.7. The van der Waals surface area contributed by atoms with Crippen LogP contribution in [0.5, 0.6) is 0 Å². The van der Waals surface area contributed by atoms with E-state index in [0.717, 1.165) is 54.3 Å². The minimum atomic E-state index is 0.647. The topological polar surface area (TPSA) is 79.6 Å². The van der Waals surface area contributed by atoms with E-state index in [-0.39, 0.29) is 0 Å². The second-order valence-corrected chi connectivity index (χ2v) is 11.1. The normalized spacial score (nSPS) is 19.2. The second-order valence-electron chi connectivity index (χ2n) is 10.1. The van der Waals surface area contributed by atoms with Gasteiger partial charge in [-0.15, -0.1) is 11.8 Å². The lowest BCUT2D eigenvalue weighted by Crippen LogP contribution is -2.35. The van der Waals surface area contributed by atoms with Crippen molar-refractivity contribution in [3.05, 3.63) is 81.2 Å². The smallest absolute Gasteiger partial charge is 0.135 e. The number of allylic oxidation sites excluding steroid dienone is 9. The summed E-state index contributed by atoms with van der Waals surface area (Å²) in [4.78, 5) is 14.7. The average molecular weight is 596 g/mol. The molecule has 2 heterocycles. The maximum atomic E-state index is 5.25. The number of hydrogen-bond acceptors (Lipinski definition) is 7. The number of nitrogens with one attached hydrogen (secondary N) is 2. The molecule has 0 radical (unpaired) electrons. The lowest BCUT2D eigenvalue weighted by Gasteiger charge is -2.28. The van der Waals surface area contributed by atoms with Crippen molar-refractivity contribution < 1.29 is 9.47 Å². The fourth-order valence-electron chi connectivity index (χ4n) is 4.19. The Bertz CT molecular complexity index is 1180. The number of nitrogens with zero attached hydrogens (tertiary/aromatic N) is 3. The van der Waals surface area contributed by atoms with Crippen LogP contribution in [0.4, 0.5) is 0 Å². The van der Waals surface area contributed by atoms with Crippen LogP contribution in [0.3, 0.4) is 0 Å². The molecule has 0 saturated heterocycles. The number of methoxy groups -OCH3 is 2. The molecule has 1 atom stereocenters. The first-order chi connectivity index (χ1) is 20.1. The summed E-state index contributed by atoms with van der Waals surface area (Å²) in [6.07, 6.45) is 15.3. The van der Waals surface area contributed by atoms with Crippen LogP contribution in [0.15, 0.2) is 96.2 Å². The molecule has 0 aromatic rings. The summed E-state index contributed by atoms with van der Waals surface area (Å²) >= 11 is 1.95. The summed E-state index contributed by atoms with van der Waals surface area (Å²) in [5, 5.41) is 6.83. The van der Waals surface area contributed by atoms with Gasteiger partial charge < -0.3 is 20.1 Å². The summed E-state index contributed by atoms with van der Waals surface area (Å²) in [5.41, 5.74) is 6.88. The van der Waals surface area contributed by atoms with Gasteiger partial charge in [-0.3, -0.25) is 4.99 Å². The Hall–Kier alpha value is -3.10. The largest absolute Gasteiger partial charge is 0.501 e. The Labute approximate surface area is 259 Å². The summed E-state index contributed by atoms with van der Waals surface area (Å²) in [7, 11) is 3.26. The molecule has 8 heteroatoms. The van der Waals surface area contributed by atoms with Crippen molar-refractivity contribution >= 4 is 30.0 Å². The van der Waals surface area contributed by atoms with Crippen LogP contribution in [0, 0.1) is 0 Å². The first-order valence-electron chi connectivity index (χ1n) is 14.8. The molecule has 0 aliphatic carbocycles. The number of hydrogen-bond donors (Lipinski definition) is 2. The van der Waals surface area contributed by atoms with Gasteiger partial charge in [0.25, 0.3) is 0 Å². The molecule has 2 aliphatic heterocycles. The molecular formula is C34H53N5O2S. The van der Waals surface area contributed by atoms with Crippen LogP contribution >= 0.6 is 11.8 Å². The molecule has 1 unspecified atom stereocenters. The zero-order valence-corrected chi connectivity index (χ0v) is 28.4. The summed E-state index contributed by atoms with van der Waals surface area (Å²) in [5.74, 6) is 3.29. The molecule has 2 rings (SSSR count).